The van der Waals surface area contributed by atoms with Crippen molar-refractivity contribution in [2.75, 3.05) is 31.3 Å². The Labute approximate surface area is 230 Å². The summed E-state index contributed by atoms with van der Waals surface area (Å²) in [6, 6.07) is 9.49. The topological polar surface area (TPSA) is 105 Å². The molecule has 11 heteroatoms. The number of ether oxygens (including phenoxy) is 2. The molecule has 0 radical (unpaired) electrons. The van der Waals surface area contributed by atoms with Crippen molar-refractivity contribution in [3.63, 3.8) is 0 Å². The molecule has 0 aliphatic heterocycles. The van der Waals surface area contributed by atoms with Crippen molar-refractivity contribution in [2.24, 2.45) is 0 Å². The molecule has 2 aromatic rings. The molecule has 214 valence electrons. The average Bonchev–Trinajstić information content (AvgIpc) is 2.92. The Hall–Kier alpha value is -3.34. The predicted molar refractivity (Wildman–Crippen MR) is 148 cm³/mol. The smallest absolute Gasteiger partial charge is 0.244 e. The molecule has 0 heterocycles. The van der Waals surface area contributed by atoms with E-state index in [0.29, 0.717) is 17.7 Å². The van der Waals surface area contributed by atoms with Crippen LogP contribution >= 0.6 is 0 Å². The number of carbonyl (C=O) groups is 2. The van der Waals surface area contributed by atoms with Gasteiger partial charge in [0, 0.05) is 18.7 Å². The van der Waals surface area contributed by atoms with Gasteiger partial charge in [-0.15, -0.1) is 0 Å². The van der Waals surface area contributed by atoms with Gasteiger partial charge in [-0.2, -0.15) is 0 Å². The lowest BCUT2D eigenvalue weighted by Crippen LogP contribution is -2.54. The van der Waals surface area contributed by atoms with Crippen LogP contribution in [0.3, 0.4) is 0 Å². The zero-order valence-electron chi connectivity index (χ0n) is 23.0. The van der Waals surface area contributed by atoms with Crippen LogP contribution in [0.5, 0.6) is 11.5 Å². The first kappa shape index (κ1) is 30.2. The molecule has 39 heavy (non-hydrogen) atoms. The molecule has 1 saturated carbocycles. The first-order valence-corrected chi connectivity index (χ1v) is 15.0. The fourth-order valence-electron chi connectivity index (χ4n) is 4.84. The maximum atomic E-state index is 13.9. The van der Waals surface area contributed by atoms with Crippen LogP contribution in [0.4, 0.5) is 10.1 Å². The molecule has 1 aliphatic carbocycles. The maximum absolute atomic E-state index is 13.9. The van der Waals surface area contributed by atoms with Crippen molar-refractivity contribution in [2.45, 2.75) is 64.1 Å². The van der Waals surface area contributed by atoms with Gasteiger partial charge in [-0.05, 0) is 49.1 Å². The molecule has 0 aromatic heterocycles. The number of sulfonamides is 1. The van der Waals surface area contributed by atoms with Gasteiger partial charge in [0.25, 0.3) is 0 Å². The van der Waals surface area contributed by atoms with Gasteiger partial charge in [0.05, 0.1) is 26.2 Å². The van der Waals surface area contributed by atoms with Gasteiger partial charge in [0.2, 0.25) is 21.8 Å². The van der Waals surface area contributed by atoms with Gasteiger partial charge >= 0.3 is 0 Å². The Bertz CT molecular complexity index is 1230. The lowest BCUT2D eigenvalue weighted by atomic mass is 9.95. The lowest BCUT2D eigenvalue weighted by Gasteiger charge is -2.34. The summed E-state index contributed by atoms with van der Waals surface area (Å²) in [6.45, 7) is 1.23. The van der Waals surface area contributed by atoms with E-state index in [0.717, 1.165) is 42.7 Å². The van der Waals surface area contributed by atoms with Crippen molar-refractivity contribution in [3.8, 4) is 11.5 Å². The van der Waals surface area contributed by atoms with Gasteiger partial charge < -0.3 is 19.7 Å². The van der Waals surface area contributed by atoms with E-state index in [-0.39, 0.29) is 29.9 Å². The van der Waals surface area contributed by atoms with E-state index >= 15 is 0 Å². The van der Waals surface area contributed by atoms with Gasteiger partial charge in [-0.1, -0.05) is 38.3 Å². The first-order valence-electron chi connectivity index (χ1n) is 13.1. The van der Waals surface area contributed by atoms with Crippen LogP contribution < -0.4 is 19.1 Å². The number of halogens is 1. The number of nitrogens with one attached hydrogen (secondary N) is 1. The second-order valence-electron chi connectivity index (χ2n) is 9.72. The van der Waals surface area contributed by atoms with E-state index in [1.807, 2.05) is 0 Å². The van der Waals surface area contributed by atoms with Crippen molar-refractivity contribution in [1.82, 2.24) is 10.2 Å². The molecule has 2 amide bonds. The van der Waals surface area contributed by atoms with E-state index in [4.69, 9.17) is 9.47 Å². The number of benzene rings is 2. The van der Waals surface area contributed by atoms with Crippen LogP contribution in [0.1, 0.15) is 51.0 Å². The predicted octanol–water partition coefficient (Wildman–Crippen LogP) is 3.87. The summed E-state index contributed by atoms with van der Waals surface area (Å²) in [5, 5.41) is 3.09. The highest BCUT2D eigenvalue weighted by molar-refractivity contribution is 7.92. The number of carbonyl (C=O) groups excluding carboxylic acids is 2. The van der Waals surface area contributed by atoms with Crippen molar-refractivity contribution >= 4 is 27.5 Å². The molecule has 3 rings (SSSR count). The van der Waals surface area contributed by atoms with E-state index in [1.54, 1.807) is 31.2 Å². The molecule has 1 unspecified atom stereocenters. The number of hydrogen-bond donors (Lipinski definition) is 1. The van der Waals surface area contributed by atoms with Crippen molar-refractivity contribution in [1.29, 1.82) is 0 Å². The average molecular weight is 564 g/mol. The summed E-state index contributed by atoms with van der Waals surface area (Å²) in [4.78, 5) is 28.7. The molecule has 1 atom stereocenters. The summed E-state index contributed by atoms with van der Waals surface area (Å²) >= 11 is 0. The number of amides is 2. The third kappa shape index (κ3) is 8.08. The van der Waals surface area contributed by atoms with Crippen molar-refractivity contribution < 1.29 is 31.9 Å². The maximum Gasteiger partial charge on any atom is 0.244 e. The minimum atomic E-state index is -3.96. The summed E-state index contributed by atoms with van der Waals surface area (Å²) in [7, 11) is -1.11. The summed E-state index contributed by atoms with van der Waals surface area (Å²) in [5.41, 5.74) is 0.743. The van der Waals surface area contributed by atoms with E-state index in [2.05, 4.69) is 5.32 Å². The summed E-state index contributed by atoms with van der Waals surface area (Å²) in [5.74, 6) is -0.674. The lowest BCUT2D eigenvalue weighted by molar-refractivity contribution is -0.140. The third-order valence-corrected chi connectivity index (χ3v) is 8.06. The normalized spacial score (nSPS) is 14.8. The van der Waals surface area contributed by atoms with Crippen LogP contribution in [-0.2, 0) is 26.2 Å². The second-order valence-corrected chi connectivity index (χ2v) is 11.6. The largest absolute Gasteiger partial charge is 0.497 e. The second kappa shape index (κ2) is 13.6. The molecule has 2 aromatic carbocycles. The van der Waals surface area contributed by atoms with Crippen LogP contribution in [0.2, 0.25) is 0 Å². The van der Waals surface area contributed by atoms with Gasteiger partial charge in [0.1, 0.15) is 29.9 Å². The highest BCUT2D eigenvalue weighted by Gasteiger charge is 2.33. The Morgan fingerprint density at radius 2 is 1.72 bits per heavy atom. The van der Waals surface area contributed by atoms with E-state index in [1.165, 1.54) is 37.3 Å². The number of methoxy groups -OCH3 is 2. The molecule has 0 saturated heterocycles. The van der Waals surface area contributed by atoms with Gasteiger partial charge in [-0.25, -0.2) is 12.8 Å². The molecule has 0 bridgehead atoms. The molecular weight excluding hydrogens is 525 g/mol. The zero-order chi connectivity index (χ0) is 28.6. The third-order valence-electron chi connectivity index (χ3n) is 6.94. The number of rotatable bonds is 12. The molecule has 9 nitrogen and oxygen atoms in total. The number of nitrogens with zero attached hydrogens (tertiary/aromatic N) is 2. The molecule has 0 spiro atoms. The Kier molecular flexibility index (Phi) is 10.6. The molecule has 1 N–H and O–H groups in total. The Morgan fingerprint density at radius 3 is 2.28 bits per heavy atom. The minimum Gasteiger partial charge on any atom is -0.497 e. The Balaban J connectivity index is 1.97. The van der Waals surface area contributed by atoms with Crippen LogP contribution in [0.15, 0.2) is 42.5 Å². The molecular formula is C28H38FN3O6S. The summed E-state index contributed by atoms with van der Waals surface area (Å²) in [6.07, 6.45) is 6.27. The van der Waals surface area contributed by atoms with E-state index in [9.17, 15) is 22.4 Å². The number of anilines is 1. The quantitative estimate of drug-likeness (QED) is 0.421. The number of hydrogen-bond acceptors (Lipinski definition) is 6. The van der Waals surface area contributed by atoms with Gasteiger partial charge in [-0.3, -0.25) is 13.9 Å². The zero-order valence-corrected chi connectivity index (χ0v) is 23.8. The highest BCUT2D eigenvalue weighted by Crippen LogP contribution is 2.34. The standard InChI is InChI=1S/C28H38FN3O6S/c1-5-24(28(34)30-22-9-7-6-8-10-22)31(18-20-11-13-21(29)14-12-20)27(33)19-32(39(4,35)36)25-17-23(37-2)15-16-26(25)38-3/h11-17,22,24H,5-10,18-19H2,1-4H3,(H,30,34). The van der Waals surface area contributed by atoms with Crippen LogP contribution in [-0.4, -0.2) is 64.2 Å². The van der Waals surface area contributed by atoms with Crippen LogP contribution in [0, 0.1) is 5.82 Å². The molecule has 1 fully saturated rings. The SMILES string of the molecule is CCC(C(=O)NC1CCCCC1)N(Cc1ccc(F)cc1)C(=O)CN(c1cc(OC)ccc1OC)S(C)(=O)=O. The highest BCUT2D eigenvalue weighted by atomic mass is 32.2. The Morgan fingerprint density at radius 1 is 1.05 bits per heavy atom. The first-order chi connectivity index (χ1) is 18.6. The fourth-order valence-corrected chi connectivity index (χ4v) is 5.68. The minimum absolute atomic E-state index is 0.00253. The summed E-state index contributed by atoms with van der Waals surface area (Å²) < 4.78 is 51.0. The van der Waals surface area contributed by atoms with Crippen molar-refractivity contribution in [3.05, 3.63) is 53.8 Å². The van der Waals surface area contributed by atoms with Crippen LogP contribution in [0.25, 0.3) is 0 Å². The monoisotopic (exact) mass is 563 g/mol. The fraction of sp³-hybridized carbons (Fsp3) is 0.500. The molecule has 1 aliphatic rings. The van der Waals surface area contributed by atoms with Gasteiger partial charge in [0.15, 0.2) is 0 Å². The van der Waals surface area contributed by atoms with E-state index < -0.39 is 34.3 Å².